The van der Waals surface area contributed by atoms with Gasteiger partial charge in [-0.2, -0.15) is 0 Å². The Hall–Kier alpha value is -2.00. The Kier molecular flexibility index (Phi) is 3.38. The van der Waals surface area contributed by atoms with E-state index >= 15 is 0 Å². The molecule has 2 aliphatic rings. The Morgan fingerprint density at radius 3 is 2.47 bits per heavy atom. The second-order valence-corrected chi connectivity index (χ2v) is 5.14. The van der Waals surface area contributed by atoms with Crippen LogP contribution in [0.15, 0.2) is 77.2 Å². The summed E-state index contributed by atoms with van der Waals surface area (Å²) in [5.41, 5.74) is 4.62. The number of nitrogens with zero attached hydrogens (tertiary/aromatic N) is 1. The molecule has 0 saturated carbocycles. The number of thioether (sulfide) groups is 1. The number of nitrogens with one attached hydrogen (secondary N) is 1. The van der Waals surface area contributed by atoms with Crippen LogP contribution >= 0.6 is 11.8 Å². The zero-order chi connectivity index (χ0) is 13.1. The molecule has 1 N–H and O–H groups in total. The maximum atomic E-state index is 4.07. The average Bonchev–Trinajstić information content (AvgIpc) is 3.02. The first-order valence-electron chi connectivity index (χ1n) is 6.10. The Balaban J connectivity index is 2.02. The van der Waals surface area contributed by atoms with Gasteiger partial charge in [0.15, 0.2) is 0 Å². The highest BCUT2D eigenvalue weighted by molar-refractivity contribution is 8.02. The molecular formula is C16H14N2S. The molecule has 2 heterocycles. The lowest BCUT2D eigenvalue weighted by Crippen LogP contribution is -2.15. The summed E-state index contributed by atoms with van der Waals surface area (Å²) in [7, 11) is 0. The molecule has 1 aliphatic heterocycles. The van der Waals surface area contributed by atoms with Gasteiger partial charge in [-0.05, 0) is 36.1 Å². The monoisotopic (exact) mass is 266 g/mol. The molecule has 0 aromatic carbocycles. The minimum atomic E-state index is 1.12. The number of rotatable bonds is 2. The summed E-state index contributed by atoms with van der Waals surface area (Å²) in [6.45, 7) is 0. The SMILES string of the molecule is CSC1=CC(=C2C=CC=C2)NC(c2ccncc2)=C1. The van der Waals surface area contributed by atoms with E-state index in [1.807, 2.05) is 24.5 Å². The molecule has 0 atom stereocenters. The van der Waals surface area contributed by atoms with Crippen LogP contribution in [0.3, 0.4) is 0 Å². The largest absolute Gasteiger partial charge is 0.354 e. The lowest BCUT2D eigenvalue weighted by Gasteiger charge is -2.19. The zero-order valence-electron chi connectivity index (χ0n) is 10.6. The minimum Gasteiger partial charge on any atom is -0.354 e. The number of hydrogen-bond acceptors (Lipinski definition) is 3. The van der Waals surface area contributed by atoms with E-state index in [0.29, 0.717) is 0 Å². The Labute approximate surface area is 117 Å². The van der Waals surface area contributed by atoms with Gasteiger partial charge in [-0.1, -0.05) is 24.3 Å². The molecule has 0 fully saturated rings. The highest BCUT2D eigenvalue weighted by Gasteiger charge is 2.12. The molecule has 0 amide bonds. The second kappa shape index (κ2) is 5.33. The van der Waals surface area contributed by atoms with Gasteiger partial charge in [0.05, 0.1) is 0 Å². The van der Waals surface area contributed by atoms with Crippen molar-refractivity contribution in [3.8, 4) is 0 Å². The van der Waals surface area contributed by atoms with Crippen LogP contribution in [0.2, 0.25) is 0 Å². The van der Waals surface area contributed by atoms with Crippen molar-refractivity contribution in [2.75, 3.05) is 6.26 Å². The van der Waals surface area contributed by atoms with Crippen molar-refractivity contribution in [3.63, 3.8) is 0 Å². The summed E-state index contributed by atoms with van der Waals surface area (Å²) in [4.78, 5) is 5.32. The lowest BCUT2D eigenvalue weighted by atomic mass is 10.1. The molecule has 19 heavy (non-hydrogen) atoms. The summed E-state index contributed by atoms with van der Waals surface area (Å²) in [6.07, 6.45) is 18.4. The van der Waals surface area contributed by atoms with Gasteiger partial charge in [-0.3, -0.25) is 4.98 Å². The van der Waals surface area contributed by atoms with Gasteiger partial charge < -0.3 is 5.32 Å². The number of pyridine rings is 1. The third-order valence-corrected chi connectivity index (χ3v) is 3.75. The molecule has 1 aromatic rings. The number of aromatic nitrogens is 1. The van der Waals surface area contributed by atoms with E-state index in [4.69, 9.17) is 0 Å². The fourth-order valence-electron chi connectivity index (χ4n) is 2.06. The number of hydrogen-bond donors (Lipinski definition) is 1. The highest BCUT2D eigenvalue weighted by Crippen LogP contribution is 2.28. The van der Waals surface area contributed by atoms with Gasteiger partial charge in [0.1, 0.15) is 0 Å². The molecule has 0 radical (unpaired) electrons. The second-order valence-electron chi connectivity index (χ2n) is 4.26. The molecule has 2 nitrogen and oxygen atoms in total. The third kappa shape index (κ3) is 2.56. The van der Waals surface area contributed by atoms with Crippen LogP contribution in [0.4, 0.5) is 0 Å². The molecule has 3 heteroatoms. The van der Waals surface area contributed by atoms with Gasteiger partial charge in [0.2, 0.25) is 0 Å². The highest BCUT2D eigenvalue weighted by atomic mass is 32.2. The van der Waals surface area contributed by atoms with E-state index in [9.17, 15) is 0 Å². The van der Waals surface area contributed by atoms with Crippen molar-refractivity contribution >= 4 is 17.5 Å². The fourth-order valence-corrected chi connectivity index (χ4v) is 2.53. The van der Waals surface area contributed by atoms with E-state index in [2.05, 4.69) is 53.0 Å². The van der Waals surface area contributed by atoms with E-state index in [0.717, 1.165) is 17.0 Å². The van der Waals surface area contributed by atoms with Crippen molar-refractivity contribution in [1.29, 1.82) is 0 Å². The molecule has 0 saturated heterocycles. The summed E-state index contributed by atoms with van der Waals surface area (Å²) < 4.78 is 0. The first-order valence-corrected chi connectivity index (χ1v) is 7.33. The normalized spacial score (nSPS) is 17.3. The maximum Gasteiger partial charge on any atom is 0.0470 e. The Bertz CT molecular complexity index is 620. The van der Waals surface area contributed by atoms with E-state index in [-0.39, 0.29) is 0 Å². The zero-order valence-corrected chi connectivity index (χ0v) is 11.4. The van der Waals surface area contributed by atoms with Crippen LogP contribution in [0.1, 0.15) is 5.56 Å². The van der Waals surface area contributed by atoms with Crippen molar-refractivity contribution in [3.05, 3.63) is 82.7 Å². The first kappa shape index (κ1) is 12.1. The maximum absolute atomic E-state index is 4.07. The van der Waals surface area contributed by atoms with Gasteiger partial charge in [-0.25, -0.2) is 0 Å². The molecular weight excluding hydrogens is 252 g/mol. The van der Waals surface area contributed by atoms with Crippen LogP contribution in [0.25, 0.3) is 5.70 Å². The van der Waals surface area contributed by atoms with Gasteiger partial charge >= 0.3 is 0 Å². The van der Waals surface area contributed by atoms with Gasteiger partial charge in [0, 0.05) is 34.3 Å². The lowest BCUT2D eigenvalue weighted by molar-refractivity contribution is 1.10. The first-order chi connectivity index (χ1) is 9.36. The van der Waals surface area contributed by atoms with Crippen molar-refractivity contribution < 1.29 is 0 Å². The standard InChI is InChI=1S/C16H14N2S/c1-19-14-10-15(12-4-2-3-5-12)18-16(11-14)13-6-8-17-9-7-13/h2-11,18H,1H3. The summed E-state index contributed by atoms with van der Waals surface area (Å²) in [5.74, 6) is 0. The molecule has 3 rings (SSSR count). The predicted molar refractivity (Wildman–Crippen MR) is 82.3 cm³/mol. The van der Waals surface area contributed by atoms with E-state index < -0.39 is 0 Å². The molecule has 1 aromatic heterocycles. The van der Waals surface area contributed by atoms with Crippen LogP contribution in [0, 0.1) is 0 Å². The molecule has 0 spiro atoms. The Morgan fingerprint density at radius 2 is 1.79 bits per heavy atom. The summed E-state index contributed by atoms with van der Waals surface area (Å²) in [5, 5.41) is 3.50. The van der Waals surface area contributed by atoms with Gasteiger partial charge in [0.25, 0.3) is 0 Å². The molecule has 0 unspecified atom stereocenters. The third-order valence-electron chi connectivity index (χ3n) is 3.04. The smallest absolute Gasteiger partial charge is 0.0470 e. The van der Waals surface area contributed by atoms with Crippen LogP contribution in [-0.2, 0) is 0 Å². The number of dihydropyridines is 1. The van der Waals surface area contributed by atoms with Crippen LogP contribution < -0.4 is 5.32 Å². The fraction of sp³-hybridized carbons (Fsp3) is 0.0625. The van der Waals surface area contributed by atoms with Crippen LogP contribution in [0.5, 0.6) is 0 Å². The minimum absolute atomic E-state index is 1.12. The van der Waals surface area contributed by atoms with Crippen molar-refractivity contribution in [1.82, 2.24) is 10.3 Å². The van der Waals surface area contributed by atoms with Crippen molar-refractivity contribution in [2.45, 2.75) is 0 Å². The van der Waals surface area contributed by atoms with Crippen molar-refractivity contribution in [2.24, 2.45) is 0 Å². The quantitative estimate of drug-likeness (QED) is 0.884. The van der Waals surface area contributed by atoms with E-state index in [1.54, 1.807) is 11.8 Å². The summed E-state index contributed by atoms with van der Waals surface area (Å²) >= 11 is 1.75. The molecule has 1 aliphatic carbocycles. The Morgan fingerprint density at radius 1 is 1.05 bits per heavy atom. The topological polar surface area (TPSA) is 24.9 Å². The molecule has 0 bridgehead atoms. The van der Waals surface area contributed by atoms with E-state index in [1.165, 1.54) is 10.5 Å². The van der Waals surface area contributed by atoms with Gasteiger partial charge in [-0.15, -0.1) is 11.8 Å². The average molecular weight is 266 g/mol. The number of allylic oxidation sites excluding steroid dienone is 7. The summed E-state index contributed by atoms with van der Waals surface area (Å²) in [6, 6.07) is 4.04. The van der Waals surface area contributed by atoms with Crippen LogP contribution in [-0.4, -0.2) is 11.2 Å². The predicted octanol–water partition coefficient (Wildman–Crippen LogP) is 3.65. The molecule has 94 valence electrons.